The topological polar surface area (TPSA) is 0 Å². The minimum Gasteiger partial charge on any atom is -0.174 e. The molecule has 0 fully saturated rings. The van der Waals surface area contributed by atoms with Gasteiger partial charge >= 0.3 is 74.1 Å². The summed E-state index contributed by atoms with van der Waals surface area (Å²) in [6, 6.07) is 0. The van der Waals surface area contributed by atoms with Crippen LogP contribution in [0.4, 0.5) is 158 Å². The fraction of sp³-hybridized carbons (Fsp3) is 1.00. The summed E-state index contributed by atoms with van der Waals surface area (Å²) in [7, 11) is 0. The van der Waals surface area contributed by atoms with Gasteiger partial charge in [-0.3, -0.25) is 0 Å². The van der Waals surface area contributed by atoms with E-state index in [4.69, 9.17) is 0 Å². The lowest BCUT2D eigenvalue weighted by atomic mass is 8.88. The molecule has 0 aliphatic heterocycles. The number of rotatable bonds is 4. The standard InChI is InChI=1S/C16BF36/c18-5(19,20)1(6(21,22)23,7(24,25)26)17(2(8(27,28)29,9(30,31)32)10(33,34)35,3(11(36,37)38,12(39,40)41)13(42,43)44)4(14(45,46)47,15(48,49)50)16(51,52)53/q-1. The molecule has 0 aliphatic carbocycles. The molecule has 0 atom stereocenters. The lowest BCUT2D eigenvalue weighted by molar-refractivity contribution is -0.422. The first kappa shape index (κ1) is 50.5. The van der Waals surface area contributed by atoms with Gasteiger partial charge in [0.2, 0.25) is 0 Å². The molecule has 0 aromatic rings. The third-order valence-corrected chi connectivity index (χ3v) is 7.96. The Labute approximate surface area is 261 Å². The zero-order chi connectivity index (χ0) is 44.5. The highest BCUT2D eigenvalue weighted by Crippen LogP contribution is 2.98. The molecule has 0 radical (unpaired) electrons. The van der Waals surface area contributed by atoms with Crippen LogP contribution in [0.15, 0.2) is 0 Å². The quantitative estimate of drug-likeness (QED) is 0.195. The third kappa shape index (κ3) is 5.59. The highest BCUT2D eigenvalue weighted by molar-refractivity contribution is 6.93. The maximum atomic E-state index is 14.2. The number of hydrogen-bond donors (Lipinski definition) is 0. The van der Waals surface area contributed by atoms with E-state index in [1.807, 2.05) is 0 Å². The van der Waals surface area contributed by atoms with Crippen LogP contribution >= 0.6 is 0 Å². The highest BCUT2D eigenvalue weighted by Gasteiger charge is 3.15. The van der Waals surface area contributed by atoms with Gasteiger partial charge in [-0.15, -0.1) is 0 Å². The molecule has 0 rings (SSSR count). The largest absolute Gasteiger partial charge is 0.380 e. The zero-order valence-corrected chi connectivity index (χ0v) is 22.2. The number of halogens is 36. The SMILES string of the molecule is FC(F)(F)C([B-](C(C(F)(F)F)(C(F)(F)F)C(F)(F)F)(C(C(F)(F)F)(C(F)(F)F)C(F)(F)F)C(C(F)(F)F)(C(F)(F)F)C(F)(F)F)(C(F)(F)F)C(F)(F)F. The van der Waals surface area contributed by atoms with Gasteiger partial charge < -0.3 is 0 Å². The predicted molar refractivity (Wildman–Crippen MR) is 89.2 cm³/mol. The van der Waals surface area contributed by atoms with Crippen LogP contribution in [0, 0.1) is 0 Å². The van der Waals surface area contributed by atoms with Crippen molar-refractivity contribution in [3.8, 4) is 0 Å². The van der Waals surface area contributed by atoms with Crippen LogP contribution in [0.5, 0.6) is 0 Å². The molecule has 0 unspecified atom stereocenters. The van der Waals surface area contributed by atoms with Gasteiger partial charge in [-0.25, -0.2) is 0 Å². The fourth-order valence-electron chi connectivity index (χ4n) is 6.82. The van der Waals surface area contributed by atoms with Crippen LogP contribution in [-0.2, 0) is 0 Å². The average Bonchev–Trinajstić information content (AvgIpc) is 2.60. The van der Waals surface area contributed by atoms with Crippen molar-refractivity contribution >= 4 is 6.15 Å². The second-order valence-corrected chi connectivity index (χ2v) is 10.1. The van der Waals surface area contributed by atoms with Crippen molar-refractivity contribution < 1.29 is 158 Å². The molecule has 0 aromatic heterocycles. The summed E-state index contributed by atoms with van der Waals surface area (Å²) in [6.07, 6.45) is -152. The van der Waals surface area contributed by atoms with Crippen molar-refractivity contribution in [2.75, 3.05) is 0 Å². The summed E-state index contributed by atoms with van der Waals surface area (Å²) >= 11 is 0. The van der Waals surface area contributed by atoms with E-state index >= 15 is 0 Å². The molecule has 0 aliphatic rings. The van der Waals surface area contributed by atoms with Gasteiger partial charge in [0.25, 0.3) is 0 Å². The Morgan fingerprint density at radius 1 is 0.132 bits per heavy atom. The molecule has 0 nitrogen and oxygen atoms in total. The van der Waals surface area contributed by atoms with Gasteiger partial charge in [-0.05, 0) is 0 Å². The maximum absolute atomic E-state index is 15.3. The average molecular weight is 887 g/mol. The Kier molecular flexibility index (Phi) is 11.2. The lowest BCUT2D eigenvalue weighted by Gasteiger charge is -2.75. The molecule has 0 amide bonds. The predicted octanol–water partition coefficient (Wildman–Crippen LogP) is 13.1. The summed E-state index contributed by atoms with van der Waals surface area (Å²) < 4.78 is 512. The van der Waals surface area contributed by atoms with Crippen LogP contribution < -0.4 is 0 Å². The summed E-state index contributed by atoms with van der Waals surface area (Å²) in [5, 5.41) is -50.9. The monoisotopic (exact) mass is 887 g/mol. The number of hydrogen-bond acceptors (Lipinski definition) is 0. The molecule has 37 heteroatoms. The summed E-state index contributed by atoms with van der Waals surface area (Å²) in [5.74, 6) is 0. The first-order valence-corrected chi connectivity index (χ1v) is 11.0. The molecule has 320 valence electrons. The normalized spacial score (nSPS) is 17.4. The second kappa shape index (κ2) is 11.8. The van der Waals surface area contributed by atoms with Gasteiger partial charge in [0, 0.05) is 0 Å². The molecule has 0 N–H and O–H groups in total. The van der Waals surface area contributed by atoms with E-state index in [0.717, 1.165) is 0 Å². The fourth-order valence-corrected chi connectivity index (χ4v) is 6.82. The molecular formula is C16BF36-. The minimum absolute atomic E-state index is 11.4. The Morgan fingerprint density at radius 2 is 0.189 bits per heavy atom. The molecule has 0 aromatic carbocycles. The van der Waals surface area contributed by atoms with Crippen LogP contribution in [0.25, 0.3) is 0 Å². The second-order valence-electron chi connectivity index (χ2n) is 10.1. The van der Waals surface area contributed by atoms with Gasteiger partial charge in [0.05, 0.1) is 0 Å². The third-order valence-electron chi connectivity index (χ3n) is 7.96. The Hall–Kier alpha value is -2.46. The van der Waals surface area contributed by atoms with Crippen molar-refractivity contribution in [3.63, 3.8) is 0 Å². The molecule has 0 spiro atoms. The van der Waals surface area contributed by atoms with Crippen molar-refractivity contribution in [2.24, 2.45) is 0 Å². The van der Waals surface area contributed by atoms with E-state index in [1.165, 1.54) is 0 Å². The minimum atomic E-state index is -15.3. The zero-order valence-electron chi connectivity index (χ0n) is 22.2. The van der Waals surface area contributed by atoms with E-state index in [0.29, 0.717) is 0 Å². The Balaban J connectivity index is 12.9. The van der Waals surface area contributed by atoms with Gasteiger partial charge in [-0.2, -0.15) is 158 Å². The highest BCUT2D eigenvalue weighted by atomic mass is 19.5. The molecular weight excluding hydrogens is 887 g/mol. The first-order chi connectivity index (χ1) is 22.0. The lowest BCUT2D eigenvalue weighted by Crippen LogP contribution is -2.95. The summed E-state index contributed by atoms with van der Waals surface area (Å²) in [5.41, 5.74) is 0. The van der Waals surface area contributed by atoms with Gasteiger partial charge in [0.15, 0.2) is 6.15 Å². The number of alkyl halides is 36. The molecule has 0 saturated heterocycles. The van der Waals surface area contributed by atoms with Crippen molar-refractivity contribution in [1.29, 1.82) is 0 Å². The van der Waals surface area contributed by atoms with Crippen LogP contribution in [0.3, 0.4) is 0 Å². The van der Waals surface area contributed by atoms with Gasteiger partial charge in [0.1, 0.15) is 21.3 Å². The maximum Gasteiger partial charge on any atom is 0.380 e. The molecule has 53 heavy (non-hydrogen) atoms. The van der Waals surface area contributed by atoms with E-state index in [-0.39, 0.29) is 0 Å². The molecule has 0 bridgehead atoms. The van der Waals surface area contributed by atoms with E-state index in [1.54, 1.807) is 0 Å². The van der Waals surface area contributed by atoms with Gasteiger partial charge in [-0.1, -0.05) is 0 Å². The smallest absolute Gasteiger partial charge is 0.174 e. The molecule has 0 saturated carbocycles. The first-order valence-electron chi connectivity index (χ1n) is 11.0. The van der Waals surface area contributed by atoms with E-state index < -0.39 is 102 Å². The Bertz CT molecular complexity index is 941. The van der Waals surface area contributed by atoms with Crippen LogP contribution in [-0.4, -0.2) is 80.3 Å². The van der Waals surface area contributed by atoms with Crippen LogP contribution in [0.2, 0.25) is 21.3 Å². The Morgan fingerprint density at radius 3 is 0.226 bits per heavy atom. The van der Waals surface area contributed by atoms with E-state index in [2.05, 4.69) is 0 Å². The van der Waals surface area contributed by atoms with E-state index in [9.17, 15) is 158 Å². The van der Waals surface area contributed by atoms with Crippen molar-refractivity contribution in [3.05, 3.63) is 0 Å². The van der Waals surface area contributed by atoms with Crippen molar-refractivity contribution in [1.82, 2.24) is 0 Å². The van der Waals surface area contributed by atoms with Crippen LogP contribution in [0.1, 0.15) is 0 Å². The van der Waals surface area contributed by atoms with Crippen molar-refractivity contribution in [2.45, 2.75) is 95.4 Å². The summed E-state index contributed by atoms with van der Waals surface area (Å²) in [6.45, 7) is 0. The summed E-state index contributed by atoms with van der Waals surface area (Å²) in [4.78, 5) is 0. The molecule has 0 heterocycles.